The summed E-state index contributed by atoms with van der Waals surface area (Å²) in [5.74, 6) is 0.736. The third-order valence-corrected chi connectivity index (χ3v) is 2.95. The van der Waals surface area contributed by atoms with E-state index in [2.05, 4.69) is 27.7 Å². The maximum absolute atomic E-state index is 10.7. The Labute approximate surface area is 93.1 Å². The van der Waals surface area contributed by atoms with Crippen molar-refractivity contribution < 1.29 is 5.11 Å². The van der Waals surface area contributed by atoms with Crippen molar-refractivity contribution in [2.75, 3.05) is 0 Å². The van der Waals surface area contributed by atoms with E-state index in [1.165, 1.54) is 0 Å². The summed E-state index contributed by atoms with van der Waals surface area (Å²) in [7, 11) is 0. The van der Waals surface area contributed by atoms with E-state index in [0.29, 0.717) is 5.92 Å². The first kappa shape index (κ1) is 12.3. The van der Waals surface area contributed by atoms with E-state index in [-0.39, 0.29) is 5.92 Å². The van der Waals surface area contributed by atoms with Gasteiger partial charge in [-0.05, 0) is 23.8 Å². The molecule has 0 aromatic heterocycles. The van der Waals surface area contributed by atoms with Crippen LogP contribution in [0.3, 0.4) is 0 Å². The van der Waals surface area contributed by atoms with Crippen LogP contribution in [0, 0.1) is 11.8 Å². The van der Waals surface area contributed by atoms with Gasteiger partial charge in [0.05, 0.1) is 5.60 Å². The highest BCUT2D eigenvalue weighted by atomic mass is 16.3. The summed E-state index contributed by atoms with van der Waals surface area (Å²) in [6.07, 6.45) is 0.814. The van der Waals surface area contributed by atoms with E-state index >= 15 is 0 Å². The van der Waals surface area contributed by atoms with Crippen LogP contribution in [0.1, 0.15) is 39.7 Å². The van der Waals surface area contributed by atoms with Crippen molar-refractivity contribution in [1.29, 1.82) is 0 Å². The summed E-state index contributed by atoms with van der Waals surface area (Å²) < 4.78 is 0. The molecule has 84 valence electrons. The van der Waals surface area contributed by atoms with Crippen LogP contribution in [0.2, 0.25) is 0 Å². The van der Waals surface area contributed by atoms with Crippen molar-refractivity contribution in [1.82, 2.24) is 0 Å². The van der Waals surface area contributed by atoms with Crippen molar-refractivity contribution in [2.45, 2.75) is 39.7 Å². The lowest BCUT2D eigenvalue weighted by Gasteiger charge is -2.34. The molecule has 1 unspecified atom stereocenters. The zero-order chi connectivity index (χ0) is 11.5. The number of hydrogen-bond acceptors (Lipinski definition) is 1. The maximum atomic E-state index is 10.7. The van der Waals surface area contributed by atoms with Gasteiger partial charge in [-0.15, -0.1) is 0 Å². The first-order valence-electron chi connectivity index (χ1n) is 5.74. The van der Waals surface area contributed by atoms with Gasteiger partial charge in [-0.25, -0.2) is 0 Å². The standard InChI is InChI=1S/C14H22O/c1-11(2)10-14(15,12(3)4)13-8-6-5-7-9-13/h5-9,11-12,15H,10H2,1-4H3. The lowest BCUT2D eigenvalue weighted by molar-refractivity contribution is -0.0289. The lowest BCUT2D eigenvalue weighted by Crippen LogP contribution is -2.33. The Hall–Kier alpha value is -0.820. The molecule has 0 aliphatic rings. The normalized spacial score (nSPS) is 15.7. The van der Waals surface area contributed by atoms with E-state index in [4.69, 9.17) is 0 Å². The number of rotatable bonds is 4. The Morgan fingerprint density at radius 1 is 1.07 bits per heavy atom. The van der Waals surface area contributed by atoms with E-state index in [1.807, 2.05) is 30.3 Å². The van der Waals surface area contributed by atoms with E-state index in [0.717, 1.165) is 12.0 Å². The maximum Gasteiger partial charge on any atom is 0.0921 e. The summed E-state index contributed by atoms with van der Waals surface area (Å²) in [4.78, 5) is 0. The summed E-state index contributed by atoms with van der Waals surface area (Å²) >= 11 is 0. The predicted octanol–water partition coefficient (Wildman–Crippen LogP) is 3.58. The molecule has 0 bridgehead atoms. The minimum absolute atomic E-state index is 0.238. The van der Waals surface area contributed by atoms with Gasteiger partial charge in [-0.1, -0.05) is 58.0 Å². The summed E-state index contributed by atoms with van der Waals surface area (Å²) in [5.41, 5.74) is 0.351. The Balaban J connectivity index is 3.02. The fourth-order valence-electron chi connectivity index (χ4n) is 2.04. The van der Waals surface area contributed by atoms with Crippen LogP contribution >= 0.6 is 0 Å². The van der Waals surface area contributed by atoms with Crippen molar-refractivity contribution in [2.24, 2.45) is 11.8 Å². The zero-order valence-corrected chi connectivity index (χ0v) is 10.2. The smallest absolute Gasteiger partial charge is 0.0921 e. The summed E-state index contributed by atoms with van der Waals surface area (Å²) in [6, 6.07) is 10.00. The molecule has 0 radical (unpaired) electrons. The van der Waals surface area contributed by atoms with Crippen LogP contribution in [0.25, 0.3) is 0 Å². The first-order valence-corrected chi connectivity index (χ1v) is 5.74. The highest BCUT2D eigenvalue weighted by Gasteiger charge is 2.33. The molecule has 1 atom stereocenters. The summed E-state index contributed by atoms with van der Waals surface area (Å²) in [6.45, 7) is 8.46. The van der Waals surface area contributed by atoms with Crippen molar-refractivity contribution in [3.63, 3.8) is 0 Å². The fourth-order valence-corrected chi connectivity index (χ4v) is 2.04. The predicted molar refractivity (Wildman–Crippen MR) is 64.6 cm³/mol. The van der Waals surface area contributed by atoms with Gasteiger partial charge < -0.3 is 5.11 Å². The van der Waals surface area contributed by atoms with Crippen LogP contribution in [0.5, 0.6) is 0 Å². The second-order valence-electron chi connectivity index (χ2n) is 5.04. The molecule has 0 aliphatic heterocycles. The van der Waals surface area contributed by atoms with Crippen LogP contribution in [0.4, 0.5) is 0 Å². The van der Waals surface area contributed by atoms with Crippen LogP contribution in [-0.2, 0) is 5.60 Å². The minimum Gasteiger partial charge on any atom is -0.385 e. The molecule has 1 heteroatoms. The molecular weight excluding hydrogens is 184 g/mol. The molecule has 15 heavy (non-hydrogen) atoms. The molecule has 1 aromatic rings. The first-order chi connectivity index (χ1) is 6.97. The van der Waals surface area contributed by atoms with Crippen molar-refractivity contribution in [3.05, 3.63) is 35.9 Å². The van der Waals surface area contributed by atoms with Crippen LogP contribution in [0.15, 0.2) is 30.3 Å². The Morgan fingerprint density at radius 3 is 2.00 bits per heavy atom. The Morgan fingerprint density at radius 2 is 1.60 bits per heavy atom. The van der Waals surface area contributed by atoms with Gasteiger partial charge in [0, 0.05) is 0 Å². The molecular formula is C14H22O. The Kier molecular flexibility index (Phi) is 3.92. The van der Waals surface area contributed by atoms with Gasteiger partial charge in [0.15, 0.2) is 0 Å². The molecule has 1 aromatic carbocycles. The number of benzene rings is 1. The largest absolute Gasteiger partial charge is 0.385 e. The van der Waals surface area contributed by atoms with E-state index in [1.54, 1.807) is 0 Å². The van der Waals surface area contributed by atoms with Gasteiger partial charge in [-0.2, -0.15) is 0 Å². The third-order valence-electron chi connectivity index (χ3n) is 2.95. The van der Waals surface area contributed by atoms with Crippen molar-refractivity contribution in [3.8, 4) is 0 Å². The van der Waals surface area contributed by atoms with Crippen LogP contribution in [-0.4, -0.2) is 5.11 Å². The molecule has 0 heterocycles. The SMILES string of the molecule is CC(C)CC(O)(c1ccccc1)C(C)C. The van der Waals surface area contributed by atoms with E-state index < -0.39 is 5.60 Å². The average Bonchev–Trinajstić information content (AvgIpc) is 2.17. The van der Waals surface area contributed by atoms with Gasteiger partial charge in [0.1, 0.15) is 0 Å². The highest BCUT2D eigenvalue weighted by Crippen LogP contribution is 2.35. The van der Waals surface area contributed by atoms with Crippen LogP contribution < -0.4 is 0 Å². The highest BCUT2D eigenvalue weighted by molar-refractivity contribution is 5.22. The van der Waals surface area contributed by atoms with Gasteiger partial charge in [0.25, 0.3) is 0 Å². The molecule has 0 saturated heterocycles. The van der Waals surface area contributed by atoms with E-state index in [9.17, 15) is 5.11 Å². The lowest BCUT2D eigenvalue weighted by atomic mass is 9.77. The fraction of sp³-hybridized carbons (Fsp3) is 0.571. The van der Waals surface area contributed by atoms with Crippen molar-refractivity contribution >= 4 is 0 Å². The molecule has 0 amide bonds. The van der Waals surface area contributed by atoms with Gasteiger partial charge in [0.2, 0.25) is 0 Å². The quantitative estimate of drug-likeness (QED) is 0.798. The molecule has 0 spiro atoms. The Bertz CT molecular complexity index is 289. The molecule has 0 saturated carbocycles. The minimum atomic E-state index is -0.685. The molecule has 1 nitrogen and oxygen atoms in total. The molecule has 0 fully saturated rings. The molecule has 0 aliphatic carbocycles. The second kappa shape index (κ2) is 4.80. The molecule has 1 rings (SSSR count). The van der Waals surface area contributed by atoms with Gasteiger partial charge >= 0.3 is 0 Å². The monoisotopic (exact) mass is 206 g/mol. The summed E-state index contributed by atoms with van der Waals surface area (Å²) in [5, 5.41) is 10.7. The number of hydrogen-bond donors (Lipinski definition) is 1. The molecule has 1 N–H and O–H groups in total. The zero-order valence-electron chi connectivity index (χ0n) is 10.2. The number of aliphatic hydroxyl groups is 1. The third kappa shape index (κ3) is 2.82. The average molecular weight is 206 g/mol. The topological polar surface area (TPSA) is 20.2 Å². The second-order valence-corrected chi connectivity index (χ2v) is 5.04. The van der Waals surface area contributed by atoms with Gasteiger partial charge in [-0.3, -0.25) is 0 Å².